The monoisotopic (exact) mass is 484 g/mol. The van der Waals surface area contributed by atoms with Gasteiger partial charge in [0, 0.05) is 16.4 Å². The highest BCUT2D eigenvalue weighted by Gasteiger charge is 2.70. The molecule has 0 saturated heterocycles. The van der Waals surface area contributed by atoms with Crippen LogP contribution in [0.5, 0.6) is 0 Å². The minimum Gasteiger partial charge on any atom is -0.326 e. The van der Waals surface area contributed by atoms with E-state index in [-0.39, 0.29) is 27.0 Å². The van der Waals surface area contributed by atoms with Crippen LogP contribution >= 0.6 is 23.2 Å². The van der Waals surface area contributed by atoms with Crippen LogP contribution in [0, 0.1) is 6.92 Å². The average molecular weight is 485 g/mol. The quantitative estimate of drug-likeness (QED) is 0.644. The number of amides is 2. The number of nitrogens with one attached hydrogen (secondary N) is 1. The van der Waals surface area contributed by atoms with Crippen LogP contribution in [-0.2, 0) is 9.59 Å². The Morgan fingerprint density at radius 3 is 2.12 bits per heavy atom. The predicted molar refractivity (Wildman–Crippen MR) is 115 cm³/mol. The first-order valence-electron chi connectivity index (χ1n) is 9.29. The highest BCUT2D eigenvalue weighted by molar-refractivity contribution is 6.37. The number of hydrogen-bond donors (Lipinski definition) is 1. The largest absolute Gasteiger partial charge is 0.425 e. The summed E-state index contributed by atoms with van der Waals surface area (Å²) in [4.78, 5) is 39.4. The molecule has 1 aliphatic rings. The number of benzene rings is 2. The molecule has 2 aromatic carbocycles. The molecule has 0 saturated carbocycles. The van der Waals surface area contributed by atoms with Crippen molar-refractivity contribution >= 4 is 46.5 Å². The average Bonchev–Trinajstić information content (AvgIpc) is 2.90. The van der Waals surface area contributed by atoms with Crippen LogP contribution in [0.15, 0.2) is 53.7 Å². The molecular weight excluding hydrogens is 468 g/mol. The molecule has 0 fully saturated rings. The number of alkyl halides is 3. The highest BCUT2D eigenvalue weighted by Crippen LogP contribution is 2.46. The number of Topliss-reactive ketones (excluding diaryl/α,β-unsaturated/α-hetero) is 1. The Balaban J connectivity index is 2.20. The number of hydrogen-bond acceptors (Lipinski definition) is 3. The second-order valence-corrected chi connectivity index (χ2v) is 8.16. The Kier molecular flexibility index (Phi) is 6.14. The molecule has 168 valence electrons. The van der Waals surface area contributed by atoms with Crippen molar-refractivity contribution in [1.82, 2.24) is 5.32 Å². The van der Waals surface area contributed by atoms with Crippen LogP contribution in [-0.4, -0.2) is 29.3 Å². The molecule has 0 unspecified atom stereocenters. The van der Waals surface area contributed by atoms with E-state index in [2.05, 4.69) is 0 Å². The van der Waals surface area contributed by atoms with E-state index in [0.717, 1.165) is 23.5 Å². The summed E-state index contributed by atoms with van der Waals surface area (Å²) in [5, 5.41) is 1.73. The molecule has 1 atom stereocenters. The van der Waals surface area contributed by atoms with E-state index in [1.807, 2.05) is 0 Å². The van der Waals surface area contributed by atoms with E-state index in [1.54, 1.807) is 24.4 Å². The van der Waals surface area contributed by atoms with Gasteiger partial charge in [0.15, 0.2) is 5.78 Å². The number of nitrogens with zero attached hydrogens (tertiary/aromatic N) is 1. The lowest BCUT2D eigenvalue weighted by Gasteiger charge is -2.33. The molecule has 10 heteroatoms. The fourth-order valence-electron chi connectivity index (χ4n) is 3.69. The van der Waals surface area contributed by atoms with Crippen molar-refractivity contribution in [1.29, 1.82) is 0 Å². The number of carbonyl (C=O) groups is 3. The molecule has 32 heavy (non-hydrogen) atoms. The zero-order valence-corrected chi connectivity index (χ0v) is 18.6. The molecule has 2 amide bonds. The molecule has 0 radical (unpaired) electrons. The smallest absolute Gasteiger partial charge is 0.326 e. The van der Waals surface area contributed by atoms with Gasteiger partial charge in [0.2, 0.25) is 5.54 Å². The minimum absolute atomic E-state index is 0.127. The van der Waals surface area contributed by atoms with Crippen molar-refractivity contribution in [2.45, 2.75) is 32.5 Å². The Bertz CT molecular complexity index is 1160. The summed E-state index contributed by atoms with van der Waals surface area (Å²) in [6, 6.07) is 9.72. The molecule has 1 N–H and O–H groups in total. The maximum atomic E-state index is 14.5. The predicted octanol–water partition coefficient (Wildman–Crippen LogP) is 5.24. The van der Waals surface area contributed by atoms with Gasteiger partial charge in [-0.05, 0) is 51.1 Å². The fourth-order valence-corrected chi connectivity index (χ4v) is 4.19. The third-order valence-corrected chi connectivity index (χ3v) is 5.69. The van der Waals surface area contributed by atoms with Gasteiger partial charge in [-0.15, -0.1) is 0 Å². The van der Waals surface area contributed by atoms with Crippen molar-refractivity contribution < 1.29 is 27.6 Å². The summed E-state index contributed by atoms with van der Waals surface area (Å²) in [5.41, 5.74) is -4.07. The van der Waals surface area contributed by atoms with Gasteiger partial charge in [-0.3, -0.25) is 19.3 Å². The number of allylic oxidation sites excluding steroid dienone is 1. The topological polar surface area (TPSA) is 66.5 Å². The summed E-state index contributed by atoms with van der Waals surface area (Å²) < 4.78 is 43.6. The molecule has 2 aromatic rings. The lowest BCUT2D eigenvalue weighted by Crippen LogP contribution is -2.66. The van der Waals surface area contributed by atoms with Crippen LogP contribution < -0.4 is 10.2 Å². The first kappa shape index (κ1) is 23.8. The second-order valence-electron chi connectivity index (χ2n) is 7.32. The molecule has 1 heterocycles. The molecular formula is C22H17Cl2F3N2O3. The van der Waals surface area contributed by atoms with Crippen molar-refractivity contribution in [3.63, 3.8) is 0 Å². The minimum atomic E-state index is -5.33. The van der Waals surface area contributed by atoms with Crippen molar-refractivity contribution in [3.05, 3.63) is 74.9 Å². The number of aryl methyl sites for hydroxylation is 1. The zero-order chi connectivity index (χ0) is 24.0. The van der Waals surface area contributed by atoms with Gasteiger partial charge in [0.1, 0.15) is 0 Å². The van der Waals surface area contributed by atoms with Crippen molar-refractivity contribution in [3.8, 4) is 0 Å². The van der Waals surface area contributed by atoms with Gasteiger partial charge in [0.25, 0.3) is 11.8 Å². The summed E-state index contributed by atoms with van der Waals surface area (Å²) in [6.07, 6.45) is -5.33. The van der Waals surface area contributed by atoms with Crippen LogP contribution in [0.1, 0.15) is 29.8 Å². The molecule has 1 aliphatic heterocycles. The normalized spacial score (nSPS) is 18.9. The van der Waals surface area contributed by atoms with Gasteiger partial charge >= 0.3 is 6.18 Å². The van der Waals surface area contributed by atoms with Crippen LogP contribution in [0.4, 0.5) is 18.9 Å². The first-order chi connectivity index (χ1) is 14.8. The fraction of sp³-hybridized carbons (Fsp3) is 0.227. The van der Waals surface area contributed by atoms with Crippen LogP contribution in [0.25, 0.3) is 0 Å². The molecule has 0 aliphatic carbocycles. The maximum Gasteiger partial charge on any atom is 0.425 e. The number of anilines is 1. The van der Waals surface area contributed by atoms with E-state index in [1.165, 1.54) is 31.2 Å². The summed E-state index contributed by atoms with van der Waals surface area (Å²) in [5.74, 6) is -3.81. The molecule has 0 spiro atoms. The van der Waals surface area contributed by atoms with Gasteiger partial charge in [-0.1, -0.05) is 40.9 Å². The number of ketones is 1. The number of rotatable bonds is 4. The third-order valence-electron chi connectivity index (χ3n) is 5.14. The van der Waals surface area contributed by atoms with Crippen molar-refractivity contribution in [2.75, 3.05) is 4.90 Å². The van der Waals surface area contributed by atoms with Gasteiger partial charge in [-0.25, -0.2) is 0 Å². The lowest BCUT2D eigenvalue weighted by atomic mass is 9.86. The molecule has 0 aromatic heterocycles. The number of halogens is 5. The number of carbonyl (C=O) groups excluding carboxylic acids is 3. The van der Waals surface area contributed by atoms with E-state index < -0.39 is 34.9 Å². The first-order valence-corrected chi connectivity index (χ1v) is 10.0. The highest BCUT2D eigenvalue weighted by atomic mass is 35.5. The lowest BCUT2D eigenvalue weighted by molar-refractivity contribution is -0.185. The Hall–Kier alpha value is -2.84. The molecule has 5 nitrogen and oxygen atoms in total. The second kappa shape index (κ2) is 8.26. The Morgan fingerprint density at radius 2 is 1.62 bits per heavy atom. The Labute approximate surface area is 191 Å². The van der Waals surface area contributed by atoms with Gasteiger partial charge < -0.3 is 5.32 Å². The summed E-state index contributed by atoms with van der Waals surface area (Å²) in [7, 11) is 0. The Morgan fingerprint density at radius 1 is 1.03 bits per heavy atom. The maximum absolute atomic E-state index is 14.5. The van der Waals surface area contributed by atoms with Gasteiger partial charge in [0.05, 0.1) is 16.2 Å². The summed E-state index contributed by atoms with van der Waals surface area (Å²) >= 11 is 11.8. The van der Waals surface area contributed by atoms with E-state index in [0.29, 0.717) is 0 Å². The molecule has 0 bridgehead atoms. The zero-order valence-electron chi connectivity index (χ0n) is 17.1. The third kappa shape index (κ3) is 3.78. The van der Waals surface area contributed by atoms with E-state index in [4.69, 9.17) is 23.2 Å². The van der Waals surface area contributed by atoms with Gasteiger partial charge in [-0.2, -0.15) is 13.2 Å². The van der Waals surface area contributed by atoms with Crippen LogP contribution in [0.2, 0.25) is 10.0 Å². The van der Waals surface area contributed by atoms with Crippen molar-refractivity contribution in [2.24, 2.45) is 0 Å². The van der Waals surface area contributed by atoms with Crippen LogP contribution in [0.3, 0.4) is 0 Å². The SMILES string of the molecule is CC(=O)C1=C(C)N(c2ccc(C)cc2)C(=O)[C@]1(NC(=O)c1ccc(Cl)cc1Cl)C(F)(F)F. The standard InChI is InChI=1S/C22H17Cl2F3N2O3/c1-11-4-7-15(8-5-11)29-12(2)18(13(3)30)21(20(29)32,22(25,26)27)28-19(31)16-9-6-14(23)10-17(16)24/h4-10H,1-3H3,(H,28,31)/t21-/m0/s1. The van der Waals surface area contributed by atoms with E-state index in [9.17, 15) is 27.6 Å². The molecule has 3 rings (SSSR count). The van der Waals surface area contributed by atoms with E-state index >= 15 is 0 Å². The summed E-state index contributed by atoms with van der Waals surface area (Å²) in [6.45, 7) is 3.91.